The van der Waals surface area contributed by atoms with Crippen LogP contribution < -0.4 is 0 Å². The first-order valence-corrected chi connectivity index (χ1v) is 6.01. The molecule has 0 N–H and O–H groups in total. The van der Waals surface area contributed by atoms with Gasteiger partial charge in [0.25, 0.3) is 0 Å². The van der Waals surface area contributed by atoms with Crippen molar-refractivity contribution in [2.45, 2.75) is 6.92 Å². The summed E-state index contributed by atoms with van der Waals surface area (Å²) in [5.74, 6) is 0. The predicted molar refractivity (Wildman–Crippen MR) is 66.0 cm³/mol. The minimum absolute atomic E-state index is 0.713. The van der Waals surface area contributed by atoms with Crippen LogP contribution in [0, 0.1) is 6.92 Å². The normalized spacial score (nSPS) is 11.1. The second kappa shape index (κ2) is 3.57. The highest BCUT2D eigenvalue weighted by Gasteiger charge is 2.09. The van der Waals surface area contributed by atoms with Crippen LogP contribution in [-0.4, -0.2) is 14.6 Å². The molecule has 0 unspecified atom stereocenters. The molecule has 2 aromatic heterocycles. The summed E-state index contributed by atoms with van der Waals surface area (Å²) in [4.78, 5) is 5.39. The minimum Gasteiger partial charge on any atom is -0.217 e. The molecule has 3 aromatic rings. The number of hydrogen-bond acceptors (Lipinski definition) is 3. The van der Waals surface area contributed by atoms with E-state index in [1.807, 2.05) is 37.4 Å². The van der Waals surface area contributed by atoms with Crippen LogP contribution in [-0.2, 0) is 0 Å². The zero-order valence-electron chi connectivity index (χ0n) is 8.51. The number of fused-ring (bicyclic) bond motifs is 1. The standard InChI is InChI=1S/C11H8ClN3S/c1-7-14-15-6-10(13-11(15)16-7)8-4-2-3-5-9(8)12/h2-6H,1H3. The Morgan fingerprint density at radius 3 is 2.88 bits per heavy atom. The fraction of sp³-hybridized carbons (Fsp3) is 0.0909. The molecule has 0 bridgehead atoms. The van der Waals surface area contributed by atoms with E-state index in [0.717, 1.165) is 21.2 Å². The summed E-state index contributed by atoms with van der Waals surface area (Å²) < 4.78 is 1.79. The maximum absolute atomic E-state index is 6.12. The highest BCUT2D eigenvalue weighted by atomic mass is 35.5. The second-order valence-corrected chi connectivity index (χ2v) is 5.02. The zero-order chi connectivity index (χ0) is 11.1. The van der Waals surface area contributed by atoms with Crippen molar-refractivity contribution >= 4 is 27.9 Å². The molecule has 3 rings (SSSR count). The molecule has 0 atom stereocenters. The lowest BCUT2D eigenvalue weighted by atomic mass is 10.2. The Kier molecular flexibility index (Phi) is 2.19. The molecule has 0 fully saturated rings. The SMILES string of the molecule is Cc1nn2cc(-c3ccccc3Cl)nc2s1. The fourth-order valence-electron chi connectivity index (χ4n) is 1.60. The van der Waals surface area contributed by atoms with Crippen molar-refractivity contribution in [1.82, 2.24) is 14.6 Å². The third kappa shape index (κ3) is 1.50. The molecule has 0 aliphatic rings. The third-order valence-corrected chi connectivity index (χ3v) is 3.46. The van der Waals surface area contributed by atoms with Gasteiger partial charge in [-0.1, -0.05) is 41.1 Å². The highest BCUT2D eigenvalue weighted by molar-refractivity contribution is 7.16. The molecule has 3 nitrogen and oxygen atoms in total. The van der Waals surface area contributed by atoms with Gasteiger partial charge in [0.15, 0.2) is 0 Å². The van der Waals surface area contributed by atoms with E-state index in [1.165, 1.54) is 0 Å². The first-order chi connectivity index (χ1) is 7.74. The van der Waals surface area contributed by atoms with Crippen LogP contribution in [0.1, 0.15) is 5.01 Å². The van der Waals surface area contributed by atoms with E-state index in [1.54, 1.807) is 15.9 Å². The molecule has 0 aliphatic heterocycles. The quantitative estimate of drug-likeness (QED) is 0.662. The Labute approximate surface area is 101 Å². The average Bonchev–Trinajstić information content (AvgIpc) is 2.75. The molecular formula is C11H8ClN3S. The van der Waals surface area contributed by atoms with Crippen molar-refractivity contribution in [3.05, 3.63) is 40.5 Å². The van der Waals surface area contributed by atoms with Gasteiger partial charge < -0.3 is 0 Å². The van der Waals surface area contributed by atoms with Gasteiger partial charge in [0.2, 0.25) is 4.96 Å². The van der Waals surface area contributed by atoms with E-state index in [4.69, 9.17) is 11.6 Å². The van der Waals surface area contributed by atoms with Gasteiger partial charge in [-0.2, -0.15) is 5.10 Å². The van der Waals surface area contributed by atoms with Gasteiger partial charge in [-0.05, 0) is 13.0 Å². The van der Waals surface area contributed by atoms with Crippen LogP contribution >= 0.6 is 22.9 Å². The zero-order valence-corrected chi connectivity index (χ0v) is 10.1. The summed E-state index contributed by atoms with van der Waals surface area (Å²) in [6.45, 7) is 1.97. The van der Waals surface area contributed by atoms with Gasteiger partial charge >= 0.3 is 0 Å². The molecule has 0 spiro atoms. The monoisotopic (exact) mass is 249 g/mol. The van der Waals surface area contributed by atoms with Crippen molar-refractivity contribution in [3.63, 3.8) is 0 Å². The number of aromatic nitrogens is 3. The first-order valence-electron chi connectivity index (χ1n) is 4.82. The number of rotatable bonds is 1. The Morgan fingerprint density at radius 2 is 2.12 bits per heavy atom. The van der Waals surface area contributed by atoms with Gasteiger partial charge in [0.1, 0.15) is 5.01 Å². The van der Waals surface area contributed by atoms with Crippen LogP contribution in [0.5, 0.6) is 0 Å². The smallest absolute Gasteiger partial charge is 0.212 e. The first kappa shape index (κ1) is 9.81. The fourth-order valence-corrected chi connectivity index (χ4v) is 2.55. The van der Waals surface area contributed by atoms with Gasteiger partial charge in [0.05, 0.1) is 16.9 Å². The maximum atomic E-state index is 6.12. The Balaban J connectivity index is 2.19. The third-order valence-electron chi connectivity index (χ3n) is 2.29. The number of aryl methyl sites for hydroxylation is 1. The number of imidazole rings is 1. The average molecular weight is 250 g/mol. The van der Waals surface area contributed by atoms with Gasteiger partial charge in [-0.25, -0.2) is 9.50 Å². The lowest BCUT2D eigenvalue weighted by molar-refractivity contribution is 0.946. The molecule has 2 heterocycles. The molecular weight excluding hydrogens is 242 g/mol. The van der Waals surface area contributed by atoms with E-state index in [2.05, 4.69) is 10.1 Å². The molecule has 0 radical (unpaired) electrons. The van der Waals surface area contributed by atoms with Crippen LogP contribution in [0.3, 0.4) is 0 Å². The molecule has 0 aliphatic carbocycles. The number of halogens is 1. The highest BCUT2D eigenvalue weighted by Crippen LogP contribution is 2.27. The summed E-state index contributed by atoms with van der Waals surface area (Å²) in [5.41, 5.74) is 1.81. The van der Waals surface area contributed by atoms with Crippen molar-refractivity contribution in [3.8, 4) is 11.3 Å². The number of benzene rings is 1. The molecule has 0 saturated carbocycles. The van der Waals surface area contributed by atoms with E-state index < -0.39 is 0 Å². The molecule has 1 aromatic carbocycles. The lowest BCUT2D eigenvalue weighted by Crippen LogP contribution is -1.81. The van der Waals surface area contributed by atoms with E-state index >= 15 is 0 Å². The summed E-state index contributed by atoms with van der Waals surface area (Å²) in [7, 11) is 0. The van der Waals surface area contributed by atoms with Gasteiger partial charge in [0, 0.05) is 5.56 Å². The Hall–Kier alpha value is -1.39. The van der Waals surface area contributed by atoms with Crippen molar-refractivity contribution in [1.29, 1.82) is 0 Å². The maximum Gasteiger partial charge on any atom is 0.212 e. The van der Waals surface area contributed by atoms with E-state index in [-0.39, 0.29) is 0 Å². The molecule has 0 amide bonds. The lowest BCUT2D eigenvalue weighted by Gasteiger charge is -1.97. The topological polar surface area (TPSA) is 30.2 Å². The van der Waals surface area contributed by atoms with Crippen molar-refractivity contribution < 1.29 is 0 Å². The Morgan fingerprint density at radius 1 is 1.31 bits per heavy atom. The molecule has 80 valence electrons. The summed E-state index contributed by atoms with van der Waals surface area (Å²) >= 11 is 7.69. The van der Waals surface area contributed by atoms with Crippen molar-refractivity contribution in [2.24, 2.45) is 0 Å². The molecule has 16 heavy (non-hydrogen) atoms. The van der Waals surface area contributed by atoms with Crippen LogP contribution in [0.2, 0.25) is 5.02 Å². The number of hydrogen-bond donors (Lipinski definition) is 0. The summed E-state index contributed by atoms with van der Waals surface area (Å²) in [6, 6.07) is 7.69. The van der Waals surface area contributed by atoms with Crippen LogP contribution in [0.4, 0.5) is 0 Å². The van der Waals surface area contributed by atoms with Crippen LogP contribution in [0.15, 0.2) is 30.5 Å². The summed E-state index contributed by atoms with van der Waals surface area (Å²) in [6.07, 6.45) is 1.90. The van der Waals surface area contributed by atoms with E-state index in [0.29, 0.717) is 5.02 Å². The summed E-state index contributed by atoms with van der Waals surface area (Å²) in [5, 5.41) is 6.04. The molecule has 0 saturated heterocycles. The molecule has 5 heteroatoms. The largest absolute Gasteiger partial charge is 0.217 e. The van der Waals surface area contributed by atoms with Gasteiger partial charge in [-0.15, -0.1) is 0 Å². The van der Waals surface area contributed by atoms with Crippen LogP contribution in [0.25, 0.3) is 16.2 Å². The second-order valence-electron chi connectivity index (χ2n) is 3.45. The predicted octanol–water partition coefficient (Wildman–Crippen LogP) is 3.42. The number of nitrogens with zero attached hydrogens (tertiary/aromatic N) is 3. The van der Waals surface area contributed by atoms with E-state index in [9.17, 15) is 0 Å². The minimum atomic E-state index is 0.713. The van der Waals surface area contributed by atoms with Gasteiger partial charge in [-0.3, -0.25) is 0 Å². The Bertz CT molecular complexity index is 625. The van der Waals surface area contributed by atoms with Crippen molar-refractivity contribution in [2.75, 3.05) is 0 Å².